The standard InChI is InChI=1S/C13H19N3O2/c1-16(8-10-3-2-6-18-9-10)13(17)12-5-4-11(14)7-15-12/h4-5,7,10H,2-3,6,8-9,14H2,1H3. The summed E-state index contributed by atoms with van der Waals surface area (Å²) >= 11 is 0. The van der Waals surface area contributed by atoms with E-state index in [-0.39, 0.29) is 5.91 Å². The predicted molar refractivity (Wildman–Crippen MR) is 69.2 cm³/mol. The molecular weight excluding hydrogens is 230 g/mol. The van der Waals surface area contributed by atoms with Crippen molar-refractivity contribution >= 4 is 11.6 Å². The van der Waals surface area contributed by atoms with Gasteiger partial charge in [-0.15, -0.1) is 0 Å². The lowest BCUT2D eigenvalue weighted by atomic mass is 10.0. The van der Waals surface area contributed by atoms with Gasteiger partial charge in [0.1, 0.15) is 5.69 Å². The number of carbonyl (C=O) groups is 1. The highest BCUT2D eigenvalue weighted by Gasteiger charge is 2.20. The molecule has 0 bridgehead atoms. The van der Waals surface area contributed by atoms with Crippen LogP contribution in [0.1, 0.15) is 23.3 Å². The summed E-state index contributed by atoms with van der Waals surface area (Å²) in [4.78, 5) is 17.9. The Balaban J connectivity index is 1.93. The van der Waals surface area contributed by atoms with E-state index in [4.69, 9.17) is 10.5 Å². The average Bonchev–Trinajstić information content (AvgIpc) is 2.40. The number of anilines is 1. The summed E-state index contributed by atoms with van der Waals surface area (Å²) in [6.45, 7) is 2.30. The molecule has 0 spiro atoms. The highest BCUT2D eigenvalue weighted by atomic mass is 16.5. The summed E-state index contributed by atoms with van der Waals surface area (Å²) < 4.78 is 5.41. The fraction of sp³-hybridized carbons (Fsp3) is 0.538. The van der Waals surface area contributed by atoms with Gasteiger partial charge in [-0.2, -0.15) is 0 Å². The highest BCUT2D eigenvalue weighted by molar-refractivity contribution is 5.92. The van der Waals surface area contributed by atoms with Crippen LogP contribution < -0.4 is 5.73 Å². The maximum Gasteiger partial charge on any atom is 0.272 e. The van der Waals surface area contributed by atoms with Gasteiger partial charge in [-0.25, -0.2) is 4.98 Å². The number of nitrogen functional groups attached to an aromatic ring is 1. The Kier molecular flexibility index (Phi) is 4.15. The summed E-state index contributed by atoms with van der Waals surface area (Å²) in [5.74, 6) is 0.363. The molecule has 0 saturated carbocycles. The lowest BCUT2D eigenvalue weighted by Crippen LogP contribution is -2.35. The Labute approximate surface area is 107 Å². The first-order valence-electron chi connectivity index (χ1n) is 6.21. The minimum Gasteiger partial charge on any atom is -0.397 e. The molecule has 1 aromatic rings. The second kappa shape index (κ2) is 5.82. The van der Waals surface area contributed by atoms with Gasteiger partial charge in [-0.3, -0.25) is 4.79 Å². The number of ether oxygens (including phenoxy) is 1. The number of nitrogens with zero attached hydrogens (tertiary/aromatic N) is 2. The zero-order valence-electron chi connectivity index (χ0n) is 10.6. The lowest BCUT2D eigenvalue weighted by molar-refractivity contribution is 0.0387. The zero-order valence-corrected chi connectivity index (χ0v) is 10.6. The third-order valence-corrected chi connectivity index (χ3v) is 3.14. The van der Waals surface area contributed by atoms with E-state index in [1.165, 1.54) is 6.20 Å². The molecule has 5 heteroatoms. The second-order valence-corrected chi connectivity index (χ2v) is 4.75. The highest BCUT2D eigenvalue weighted by Crippen LogP contribution is 2.15. The Morgan fingerprint density at radius 3 is 3.06 bits per heavy atom. The van der Waals surface area contributed by atoms with Gasteiger partial charge in [0.05, 0.1) is 18.5 Å². The molecular formula is C13H19N3O2. The van der Waals surface area contributed by atoms with Crippen molar-refractivity contribution in [3.63, 3.8) is 0 Å². The molecule has 2 rings (SSSR count). The molecule has 1 unspecified atom stereocenters. The largest absolute Gasteiger partial charge is 0.397 e. The van der Waals surface area contributed by atoms with Crippen molar-refractivity contribution in [1.29, 1.82) is 0 Å². The van der Waals surface area contributed by atoms with Gasteiger partial charge in [-0.05, 0) is 30.9 Å². The van der Waals surface area contributed by atoms with Crippen LogP contribution in [0, 0.1) is 5.92 Å². The SMILES string of the molecule is CN(CC1CCCOC1)C(=O)c1ccc(N)cn1. The van der Waals surface area contributed by atoms with E-state index in [2.05, 4.69) is 4.98 Å². The van der Waals surface area contributed by atoms with Gasteiger partial charge in [0.2, 0.25) is 0 Å². The van der Waals surface area contributed by atoms with Gasteiger partial charge in [0.15, 0.2) is 0 Å². The summed E-state index contributed by atoms with van der Waals surface area (Å²) in [7, 11) is 1.80. The molecule has 1 aromatic heterocycles. The van der Waals surface area contributed by atoms with Crippen LogP contribution in [0.2, 0.25) is 0 Å². The molecule has 1 atom stereocenters. The van der Waals surface area contributed by atoms with Crippen LogP contribution in [0.4, 0.5) is 5.69 Å². The van der Waals surface area contributed by atoms with Crippen molar-refractivity contribution in [3.05, 3.63) is 24.0 Å². The van der Waals surface area contributed by atoms with Gasteiger partial charge < -0.3 is 15.4 Å². The number of carbonyl (C=O) groups excluding carboxylic acids is 1. The van der Waals surface area contributed by atoms with Gasteiger partial charge in [0.25, 0.3) is 5.91 Å². The van der Waals surface area contributed by atoms with Gasteiger partial charge >= 0.3 is 0 Å². The smallest absolute Gasteiger partial charge is 0.272 e. The topological polar surface area (TPSA) is 68.5 Å². The van der Waals surface area contributed by atoms with Crippen molar-refractivity contribution in [1.82, 2.24) is 9.88 Å². The molecule has 0 aromatic carbocycles. The van der Waals surface area contributed by atoms with Gasteiger partial charge in [-0.1, -0.05) is 0 Å². The molecule has 1 aliphatic rings. The molecule has 5 nitrogen and oxygen atoms in total. The summed E-state index contributed by atoms with van der Waals surface area (Å²) in [6, 6.07) is 3.35. The van der Waals surface area contributed by atoms with E-state index in [9.17, 15) is 4.79 Å². The van der Waals surface area contributed by atoms with Crippen LogP contribution >= 0.6 is 0 Å². The molecule has 0 radical (unpaired) electrons. The van der Waals surface area contributed by atoms with Crippen LogP contribution in [-0.2, 0) is 4.74 Å². The van der Waals surface area contributed by atoms with E-state index in [1.807, 2.05) is 0 Å². The molecule has 98 valence electrons. The Morgan fingerprint density at radius 2 is 2.44 bits per heavy atom. The molecule has 2 heterocycles. The van der Waals surface area contributed by atoms with E-state index < -0.39 is 0 Å². The first kappa shape index (κ1) is 12.8. The van der Waals surface area contributed by atoms with E-state index >= 15 is 0 Å². The van der Waals surface area contributed by atoms with Crippen molar-refractivity contribution in [2.24, 2.45) is 5.92 Å². The zero-order chi connectivity index (χ0) is 13.0. The number of pyridine rings is 1. The van der Waals surface area contributed by atoms with Gasteiger partial charge in [0, 0.05) is 20.2 Å². The Morgan fingerprint density at radius 1 is 1.61 bits per heavy atom. The Hall–Kier alpha value is -1.62. The fourth-order valence-electron chi connectivity index (χ4n) is 2.15. The van der Waals surface area contributed by atoms with E-state index in [1.54, 1.807) is 24.1 Å². The number of hydrogen-bond acceptors (Lipinski definition) is 4. The van der Waals surface area contributed by atoms with Crippen molar-refractivity contribution in [2.75, 3.05) is 32.5 Å². The summed E-state index contributed by atoms with van der Waals surface area (Å²) in [6.07, 6.45) is 3.70. The van der Waals surface area contributed by atoms with Crippen LogP contribution in [0.5, 0.6) is 0 Å². The normalized spacial score (nSPS) is 19.5. The fourth-order valence-corrected chi connectivity index (χ4v) is 2.15. The van der Waals surface area contributed by atoms with Crippen LogP contribution in [0.3, 0.4) is 0 Å². The minimum absolute atomic E-state index is 0.0689. The van der Waals surface area contributed by atoms with Crippen LogP contribution in [0.15, 0.2) is 18.3 Å². The molecule has 1 fully saturated rings. The number of nitrogens with two attached hydrogens (primary N) is 1. The minimum atomic E-state index is -0.0689. The average molecular weight is 249 g/mol. The molecule has 1 saturated heterocycles. The van der Waals surface area contributed by atoms with E-state index in [0.717, 1.165) is 26.1 Å². The van der Waals surface area contributed by atoms with Crippen molar-refractivity contribution in [2.45, 2.75) is 12.8 Å². The maximum absolute atomic E-state index is 12.1. The summed E-state index contributed by atoms with van der Waals surface area (Å²) in [5, 5.41) is 0. The predicted octanol–water partition coefficient (Wildman–Crippen LogP) is 1.16. The molecule has 1 aliphatic heterocycles. The van der Waals surface area contributed by atoms with Crippen molar-refractivity contribution in [3.8, 4) is 0 Å². The Bertz CT molecular complexity index is 399. The molecule has 18 heavy (non-hydrogen) atoms. The van der Waals surface area contributed by atoms with Crippen LogP contribution in [0.25, 0.3) is 0 Å². The third kappa shape index (κ3) is 3.20. The summed E-state index contributed by atoms with van der Waals surface area (Å²) in [5.41, 5.74) is 6.55. The number of hydrogen-bond donors (Lipinski definition) is 1. The lowest BCUT2D eigenvalue weighted by Gasteiger charge is -2.26. The first-order chi connectivity index (χ1) is 8.66. The molecule has 2 N–H and O–H groups in total. The maximum atomic E-state index is 12.1. The number of amides is 1. The monoisotopic (exact) mass is 249 g/mol. The second-order valence-electron chi connectivity index (χ2n) is 4.75. The molecule has 1 amide bonds. The number of rotatable bonds is 3. The number of aromatic nitrogens is 1. The van der Waals surface area contributed by atoms with E-state index in [0.29, 0.717) is 23.8 Å². The third-order valence-electron chi connectivity index (χ3n) is 3.14. The first-order valence-corrected chi connectivity index (χ1v) is 6.21. The van der Waals surface area contributed by atoms with Crippen molar-refractivity contribution < 1.29 is 9.53 Å². The molecule has 0 aliphatic carbocycles. The quantitative estimate of drug-likeness (QED) is 0.873. The van der Waals surface area contributed by atoms with Crippen LogP contribution in [-0.4, -0.2) is 42.6 Å².